The van der Waals surface area contributed by atoms with Crippen LogP contribution in [0.3, 0.4) is 0 Å². The van der Waals surface area contributed by atoms with Crippen molar-refractivity contribution in [2.45, 2.75) is 19.4 Å². The minimum Gasteiger partial charge on any atom is -0.480 e. The molecule has 0 aromatic heterocycles. The average Bonchev–Trinajstić information content (AvgIpc) is 2.16. The Labute approximate surface area is 95.9 Å². The van der Waals surface area contributed by atoms with Crippen molar-refractivity contribution in [3.63, 3.8) is 0 Å². The van der Waals surface area contributed by atoms with Gasteiger partial charge in [-0.3, -0.25) is 4.79 Å². The summed E-state index contributed by atoms with van der Waals surface area (Å²) in [5.41, 5.74) is 0. The highest BCUT2D eigenvalue weighted by molar-refractivity contribution is 7.89. The maximum atomic E-state index is 11.7. The third kappa shape index (κ3) is 3.16. The van der Waals surface area contributed by atoms with Gasteiger partial charge in [-0.2, -0.15) is 4.31 Å². The predicted octanol–water partition coefficient (Wildman–Crippen LogP) is -0.573. The molecule has 1 atom stereocenters. The summed E-state index contributed by atoms with van der Waals surface area (Å²) in [6.07, 6.45) is 0.857. The topological polar surface area (TPSA) is 77.9 Å². The Morgan fingerprint density at radius 3 is 2.56 bits per heavy atom. The Hall–Kier alpha value is -0.660. The van der Waals surface area contributed by atoms with Crippen LogP contribution in [0.1, 0.15) is 13.3 Å². The van der Waals surface area contributed by atoms with Gasteiger partial charge in [0.05, 0.1) is 0 Å². The van der Waals surface area contributed by atoms with Gasteiger partial charge in [0.1, 0.15) is 0 Å². The maximum Gasteiger partial charge on any atom is 0.320 e. The van der Waals surface area contributed by atoms with Crippen molar-refractivity contribution in [3.05, 3.63) is 0 Å². The molecule has 6 nitrogen and oxygen atoms in total. The summed E-state index contributed by atoms with van der Waals surface area (Å²) in [6, 6.07) is 0.178. The fraction of sp³-hybridized carbons (Fsp3) is 0.889. The molecule has 94 valence electrons. The van der Waals surface area contributed by atoms with E-state index < -0.39 is 21.7 Å². The van der Waals surface area contributed by atoms with Gasteiger partial charge in [0, 0.05) is 25.7 Å². The van der Waals surface area contributed by atoms with Gasteiger partial charge in [-0.25, -0.2) is 8.42 Å². The van der Waals surface area contributed by atoms with E-state index in [1.807, 2.05) is 14.0 Å². The van der Waals surface area contributed by atoms with Crippen LogP contribution in [0.5, 0.6) is 0 Å². The van der Waals surface area contributed by atoms with Crippen LogP contribution in [0.4, 0.5) is 0 Å². The number of carboxylic acid groups (broad SMARTS) is 1. The first-order valence-corrected chi connectivity index (χ1v) is 6.87. The van der Waals surface area contributed by atoms with Crippen LogP contribution < -0.4 is 0 Å². The van der Waals surface area contributed by atoms with E-state index in [9.17, 15) is 13.2 Å². The lowest BCUT2D eigenvalue weighted by atomic mass is 10.1. The zero-order valence-corrected chi connectivity index (χ0v) is 10.4. The molecule has 7 heteroatoms. The number of aliphatic carboxylic acids is 1. The Kier molecular flexibility index (Phi) is 4.28. The Bertz CT molecular complexity index is 355. The zero-order chi connectivity index (χ0) is 12.3. The fourth-order valence-corrected chi connectivity index (χ4v) is 3.11. The van der Waals surface area contributed by atoms with Crippen molar-refractivity contribution in [1.82, 2.24) is 9.21 Å². The molecule has 1 unspecified atom stereocenters. The molecule has 1 aliphatic heterocycles. The molecule has 0 radical (unpaired) electrons. The summed E-state index contributed by atoms with van der Waals surface area (Å²) in [7, 11) is -1.69. The maximum absolute atomic E-state index is 11.7. The van der Waals surface area contributed by atoms with Crippen molar-refractivity contribution in [2.24, 2.45) is 0 Å². The van der Waals surface area contributed by atoms with Gasteiger partial charge in [-0.1, -0.05) is 6.92 Å². The summed E-state index contributed by atoms with van der Waals surface area (Å²) in [6.45, 7) is 3.41. The first-order chi connectivity index (χ1) is 7.36. The van der Waals surface area contributed by atoms with Crippen LogP contribution in [-0.4, -0.2) is 67.2 Å². The van der Waals surface area contributed by atoms with Gasteiger partial charge in [-0.05, 0) is 13.5 Å². The van der Waals surface area contributed by atoms with Crippen molar-refractivity contribution in [2.75, 3.05) is 32.4 Å². The number of likely N-dealkylation sites (N-methyl/N-ethyl adjacent to an activating group) is 1. The number of piperazine rings is 1. The van der Waals surface area contributed by atoms with Gasteiger partial charge < -0.3 is 10.0 Å². The highest BCUT2D eigenvalue weighted by Gasteiger charge is 2.31. The molecule has 0 amide bonds. The van der Waals surface area contributed by atoms with Crippen molar-refractivity contribution in [1.29, 1.82) is 0 Å². The molecule has 1 N–H and O–H groups in total. The molecular formula is C9H18N2O4S. The van der Waals surface area contributed by atoms with E-state index in [0.717, 1.165) is 6.42 Å². The largest absolute Gasteiger partial charge is 0.480 e. The minimum atomic E-state index is -3.64. The number of sulfonamides is 1. The molecule has 1 heterocycles. The lowest BCUT2D eigenvalue weighted by Gasteiger charge is -2.38. The Morgan fingerprint density at radius 2 is 2.06 bits per heavy atom. The number of nitrogens with zero attached hydrogens (tertiary/aromatic N) is 2. The highest BCUT2D eigenvalue weighted by atomic mass is 32.2. The second-order valence-electron chi connectivity index (χ2n) is 4.05. The Balaban J connectivity index is 2.71. The summed E-state index contributed by atoms with van der Waals surface area (Å²) in [5.74, 6) is -2.11. The molecule has 1 fully saturated rings. The minimum absolute atomic E-state index is 0.178. The lowest BCUT2D eigenvalue weighted by Crippen LogP contribution is -2.53. The van der Waals surface area contributed by atoms with Crippen LogP contribution in [0.15, 0.2) is 0 Å². The molecule has 1 saturated heterocycles. The quantitative estimate of drug-likeness (QED) is 0.722. The standard InChI is InChI=1S/C9H18N2O4S/c1-3-8-6-11(5-4-10(8)2)16(14,15)7-9(12)13/h8H,3-7H2,1-2H3,(H,12,13). The van der Waals surface area contributed by atoms with E-state index in [1.165, 1.54) is 4.31 Å². The molecular weight excluding hydrogens is 232 g/mol. The van der Waals surface area contributed by atoms with Crippen LogP contribution in [0, 0.1) is 0 Å². The second-order valence-corrected chi connectivity index (χ2v) is 6.02. The van der Waals surface area contributed by atoms with Crippen LogP contribution >= 0.6 is 0 Å². The summed E-state index contributed by atoms with van der Waals surface area (Å²) in [5, 5.41) is 8.54. The molecule has 0 aliphatic carbocycles. The number of rotatable bonds is 4. The van der Waals surface area contributed by atoms with Crippen LogP contribution in [0.25, 0.3) is 0 Å². The van der Waals surface area contributed by atoms with Gasteiger partial charge in [-0.15, -0.1) is 0 Å². The van der Waals surface area contributed by atoms with E-state index in [4.69, 9.17) is 5.11 Å². The van der Waals surface area contributed by atoms with Gasteiger partial charge in [0.25, 0.3) is 0 Å². The number of carbonyl (C=O) groups is 1. The van der Waals surface area contributed by atoms with Gasteiger partial charge >= 0.3 is 5.97 Å². The predicted molar refractivity (Wildman–Crippen MR) is 59.7 cm³/mol. The summed E-state index contributed by atoms with van der Waals surface area (Å²) < 4.78 is 24.7. The fourth-order valence-electron chi connectivity index (χ4n) is 1.86. The number of hydrogen-bond acceptors (Lipinski definition) is 4. The molecule has 0 spiro atoms. The number of hydrogen-bond donors (Lipinski definition) is 1. The van der Waals surface area contributed by atoms with Gasteiger partial charge in [0.15, 0.2) is 5.75 Å². The van der Waals surface area contributed by atoms with Gasteiger partial charge in [0.2, 0.25) is 10.0 Å². The van der Waals surface area contributed by atoms with Crippen molar-refractivity contribution >= 4 is 16.0 Å². The smallest absolute Gasteiger partial charge is 0.320 e. The molecule has 0 aromatic rings. The van der Waals surface area contributed by atoms with Crippen LogP contribution in [0.2, 0.25) is 0 Å². The van der Waals surface area contributed by atoms with E-state index in [-0.39, 0.29) is 6.04 Å². The summed E-state index contributed by atoms with van der Waals surface area (Å²) in [4.78, 5) is 12.6. The van der Waals surface area contributed by atoms with Crippen molar-refractivity contribution in [3.8, 4) is 0 Å². The molecule has 0 aromatic carbocycles. The van der Waals surface area contributed by atoms with E-state index >= 15 is 0 Å². The monoisotopic (exact) mass is 250 g/mol. The lowest BCUT2D eigenvalue weighted by molar-refractivity contribution is -0.134. The average molecular weight is 250 g/mol. The third-order valence-corrected chi connectivity index (χ3v) is 4.64. The van der Waals surface area contributed by atoms with E-state index in [0.29, 0.717) is 19.6 Å². The third-order valence-electron chi connectivity index (χ3n) is 2.91. The number of carboxylic acids is 1. The first kappa shape index (κ1) is 13.4. The molecule has 0 bridgehead atoms. The first-order valence-electron chi connectivity index (χ1n) is 5.26. The van der Waals surface area contributed by atoms with Crippen LogP contribution in [-0.2, 0) is 14.8 Å². The molecule has 1 rings (SSSR count). The Morgan fingerprint density at radius 1 is 1.44 bits per heavy atom. The molecule has 16 heavy (non-hydrogen) atoms. The zero-order valence-electron chi connectivity index (χ0n) is 9.59. The second kappa shape index (κ2) is 5.11. The summed E-state index contributed by atoms with van der Waals surface area (Å²) >= 11 is 0. The van der Waals surface area contributed by atoms with E-state index in [2.05, 4.69) is 4.90 Å². The normalized spacial score (nSPS) is 24.5. The van der Waals surface area contributed by atoms with Crippen molar-refractivity contribution < 1.29 is 18.3 Å². The SMILES string of the molecule is CCC1CN(S(=O)(=O)CC(=O)O)CCN1C. The van der Waals surface area contributed by atoms with E-state index in [1.54, 1.807) is 0 Å². The molecule has 1 aliphatic rings. The molecule has 0 saturated carbocycles. The highest BCUT2D eigenvalue weighted by Crippen LogP contribution is 2.14.